The van der Waals surface area contributed by atoms with Gasteiger partial charge in [0.1, 0.15) is 5.52 Å². The van der Waals surface area contributed by atoms with E-state index in [0.717, 1.165) is 27.7 Å². The third-order valence-corrected chi connectivity index (χ3v) is 4.76. The quantitative estimate of drug-likeness (QED) is 0.494. The maximum Gasteiger partial charge on any atom is 0.258 e. The number of fused-ring (bicyclic) bond motifs is 1. The summed E-state index contributed by atoms with van der Waals surface area (Å²) in [6.07, 6.45) is 0. The fraction of sp³-hybridized carbons (Fsp3) is 0.130. The number of amides is 1. The average Bonchev–Trinajstić information content (AvgIpc) is 3.11. The smallest absolute Gasteiger partial charge is 0.258 e. The Morgan fingerprint density at radius 1 is 0.889 bits per heavy atom. The maximum absolute atomic E-state index is 13.0. The Kier molecular flexibility index (Phi) is 4.24. The molecule has 4 rings (SSSR count). The van der Waals surface area contributed by atoms with E-state index in [2.05, 4.69) is 5.16 Å². The maximum atomic E-state index is 13.0. The minimum absolute atomic E-state index is 0.0724. The van der Waals surface area contributed by atoms with Gasteiger partial charge >= 0.3 is 0 Å². The lowest BCUT2D eigenvalue weighted by Crippen LogP contribution is -2.26. The van der Waals surface area contributed by atoms with Crippen LogP contribution in [0.2, 0.25) is 0 Å². The molecule has 0 aliphatic carbocycles. The van der Waals surface area contributed by atoms with E-state index in [1.165, 1.54) is 5.56 Å². The number of aromatic nitrogens is 1. The number of anilines is 1. The van der Waals surface area contributed by atoms with Gasteiger partial charge in [0, 0.05) is 23.9 Å². The third kappa shape index (κ3) is 3.22. The summed E-state index contributed by atoms with van der Waals surface area (Å²) in [5.74, 6) is 0.606. The molecule has 0 bridgehead atoms. The summed E-state index contributed by atoms with van der Waals surface area (Å²) in [6, 6.07) is 21.4. The number of carbonyl (C=O) groups excluding carboxylic acids is 1. The molecule has 0 aliphatic rings. The van der Waals surface area contributed by atoms with Gasteiger partial charge in [-0.05, 0) is 44.2 Å². The molecule has 0 unspecified atom stereocenters. The van der Waals surface area contributed by atoms with Crippen LogP contribution in [0.5, 0.6) is 0 Å². The largest absolute Gasteiger partial charge is 0.355 e. The van der Waals surface area contributed by atoms with Crippen LogP contribution in [0.25, 0.3) is 22.2 Å². The molecule has 3 aromatic carbocycles. The SMILES string of the molecule is Cc1ccc(-c2onc3ccc(C(=O)N(C)c4ccc(C)cc4)cc23)cc1. The number of benzene rings is 3. The summed E-state index contributed by atoms with van der Waals surface area (Å²) >= 11 is 0. The van der Waals surface area contributed by atoms with Crippen LogP contribution in [0.3, 0.4) is 0 Å². The predicted octanol–water partition coefficient (Wildman–Crippen LogP) is 5.39. The molecule has 0 N–H and O–H groups in total. The topological polar surface area (TPSA) is 46.3 Å². The molecule has 0 atom stereocenters. The van der Waals surface area contributed by atoms with E-state index < -0.39 is 0 Å². The number of nitrogens with zero attached hydrogens (tertiary/aromatic N) is 2. The van der Waals surface area contributed by atoms with E-state index in [-0.39, 0.29) is 5.91 Å². The van der Waals surface area contributed by atoms with Crippen LogP contribution in [0.1, 0.15) is 21.5 Å². The minimum atomic E-state index is -0.0724. The predicted molar refractivity (Wildman–Crippen MR) is 108 cm³/mol. The van der Waals surface area contributed by atoms with E-state index >= 15 is 0 Å². The Labute approximate surface area is 158 Å². The Morgan fingerprint density at radius 2 is 1.52 bits per heavy atom. The lowest BCUT2D eigenvalue weighted by atomic mass is 10.0. The van der Waals surface area contributed by atoms with Crippen molar-refractivity contribution in [3.8, 4) is 11.3 Å². The van der Waals surface area contributed by atoms with Crippen molar-refractivity contribution < 1.29 is 9.32 Å². The highest BCUT2D eigenvalue weighted by atomic mass is 16.5. The van der Waals surface area contributed by atoms with Crippen molar-refractivity contribution in [2.75, 3.05) is 11.9 Å². The van der Waals surface area contributed by atoms with Crippen LogP contribution in [0.4, 0.5) is 5.69 Å². The fourth-order valence-corrected chi connectivity index (χ4v) is 3.07. The first-order valence-corrected chi connectivity index (χ1v) is 8.84. The fourth-order valence-electron chi connectivity index (χ4n) is 3.07. The van der Waals surface area contributed by atoms with Crippen LogP contribution >= 0.6 is 0 Å². The van der Waals surface area contributed by atoms with Crippen molar-refractivity contribution in [1.29, 1.82) is 0 Å². The van der Waals surface area contributed by atoms with Crippen LogP contribution < -0.4 is 4.90 Å². The van der Waals surface area contributed by atoms with Gasteiger partial charge in [-0.1, -0.05) is 52.7 Å². The van der Waals surface area contributed by atoms with Gasteiger partial charge in [0.05, 0.1) is 5.39 Å². The molecule has 0 saturated heterocycles. The lowest BCUT2D eigenvalue weighted by molar-refractivity contribution is 0.0993. The zero-order valence-electron chi connectivity index (χ0n) is 15.6. The van der Waals surface area contributed by atoms with Gasteiger partial charge in [-0.2, -0.15) is 0 Å². The van der Waals surface area contributed by atoms with E-state index in [9.17, 15) is 4.79 Å². The molecule has 0 saturated carbocycles. The summed E-state index contributed by atoms with van der Waals surface area (Å²) in [6.45, 7) is 4.07. The summed E-state index contributed by atoms with van der Waals surface area (Å²) in [4.78, 5) is 14.6. The Morgan fingerprint density at radius 3 is 2.19 bits per heavy atom. The van der Waals surface area contributed by atoms with Crippen LogP contribution in [-0.4, -0.2) is 18.1 Å². The minimum Gasteiger partial charge on any atom is -0.355 e. The van der Waals surface area contributed by atoms with Crippen molar-refractivity contribution in [2.24, 2.45) is 0 Å². The number of aryl methyl sites for hydroxylation is 2. The van der Waals surface area contributed by atoms with Gasteiger partial charge < -0.3 is 9.42 Å². The second-order valence-corrected chi connectivity index (χ2v) is 6.81. The van der Waals surface area contributed by atoms with Gasteiger partial charge in [-0.15, -0.1) is 0 Å². The van der Waals surface area contributed by atoms with Crippen molar-refractivity contribution in [1.82, 2.24) is 5.16 Å². The zero-order valence-corrected chi connectivity index (χ0v) is 15.6. The standard InChI is InChI=1S/C23H20N2O2/c1-15-4-8-17(9-5-15)22-20-14-18(10-13-21(20)24-27-22)23(26)25(3)19-11-6-16(2)7-12-19/h4-14H,1-3H3. The van der Waals surface area contributed by atoms with Crippen molar-refractivity contribution >= 4 is 22.5 Å². The number of rotatable bonds is 3. The van der Waals surface area contributed by atoms with Gasteiger partial charge in [-0.25, -0.2) is 0 Å². The molecular formula is C23H20N2O2. The van der Waals surface area contributed by atoms with Gasteiger partial charge in [0.25, 0.3) is 5.91 Å². The number of hydrogen-bond acceptors (Lipinski definition) is 3. The molecule has 4 aromatic rings. The zero-order chi connectivity index (χ0) is 19.0. The molecule has 4 heteroatoms. The van der Waals surface area contributed by atoms with Gasteiger partial charge in [0.2, 0.25) is 0 Å². The van der Waals surface area contributed by atoms with Crippen molar-refractivity contribution in [2.45, 2.75) is 13.8 Å². The number of hydrogen-bond donors (Lipinski definition) is 0. The van der Waals surface area contributed by atoms with E-state index in [1.807, 2.05) is 74.5 Å². The lowest BCUT2D eigenvalue weighted by Gasteiger charge is -2.17. The molecule has 4 nitrogen and oxygen atoms in total. The first-order valence-electron chi connectivity index (χ1n) is 8.84. The number of carbonyl (C=O) groups is 1. The molecule has 1 amide bonds. The van der Waals surface area contributed by atoms with Crippen molar-refractivity contribution in [3.05, 3.63) is 83.4 Å². The third-order valence-electron chi connectivity index (χ3n) is 4.76. The molecule has 0 aliphatic heterocycles. The Balaban J connectivity index is 1.72. The highest BCUT2D eigenvalue weighted by molar-refractivity contribution is 6.08. The summed E-state index contributed by atoms with van der Waals surface area (Å²) in [7, 11) is 1.78. The van der Waals surface area contributed by atoms with Crippen LogP contribution in [0, 0.1) is 13.8 Å². The van der Waals surface area contributed by atoms with Gasteiger partial charge in [0.15, 0.2) is 5.76 Å². The summed E-state index contributed by atoms with van der Waals surface area (Å²) in [5, 5.41) is 4.97. The monoisotopic (exact) mass is 356 g/mol. The van der Waals surface area contributed by atoms with Crippen LogP contribution in [0.15, 0.2) is 71.3 Å². The summed E-state index contributed by atoms with van der Waals surface area (Å²) in [5.41, 5.74) is 5.48. The first kappa shape index (κ1) is 17.0. The Bertz CT molecular complexity index is 1110. The highest BCUT2D eigenvalue weighted by Crippen LogP contribution is 2.30. The molecule has 0 fully saturated rings. The molecule has 1 aromatic heterocycles. The van der Waals surface area contributed by atoms with E-state index in [1.54, 1.807) is 18.0 Å². The highest BCUT2D eigenvalue weighted by Gasteiger charge is 2.17. The second kappa shape index (κ2) is 6.72. The summed E-state index contributed by atoms with van der Waals surface area (Å²) < 4.78 is 5.56. The van der Waals surface area contributed by atoms with E-state index in [4.69, 9.17) is 4.52 Å². The van der Waals surface area contributed by atoms with Gasteiger partial charge in [-0.3, -0.25) is 4.79 Å². The molecule has 0 spiro atoms. The Hall–Kier alpha value is -3.40. The normalized spacial score (nSPS) is 10.9. The van der Waals surface area contributed by atoms with E-state index in [0.29, 0.717) is 11.3 Å². The van der Waals surface area contributed by atoms with Crippen molar-refractivity contribution in [3.63, 3.8) is 0 Å². The molecule has 0 radical (unpaired) electrons. The molecule has 27 heavy (non-hydrogen) atoms. The van der Waals surface area contributed by atoms with Crippen LogP contribution in [-0.2, 0) is 0 Å². The molecular weight excluding hydrogens is 336 g/mol. The average molecular weight is 356 g/mol. The first-order chi connectivity index (χ1) is 13.0. The second-order valence-electron chi connectivity index (χ2n) is 6.81. The molecule has 1 heterocycles. The molecule has 134 valence electrons.